The van der Waals surface area contributed by atoms with E-state index >= 15 is 0 Å². The lowest BCUT2D eigenvalue weighted by Crippen LogP contribution is -2.35. The van der Waals surface area contributed by atoms with Crippen LogP contribution in [0.4, 0.5) is 8.78 Å². The van der Waals surface area contributed by atoms with E-state index in [0.29, 0.717) is 4.31 Å². The van der Waals surface area contributed by atoms with Gasteiger partial charge >= 0.3 is 5.76 Å². The highest BCUT2D eigenvalue weighted by Crippen LogP contribution is 2.11. The third-order valence-corrected chi connectivity index (χ3v) is 2.93. The van der Waals surface area contributed by atoms with Crippen molar-refractivity contribution in [1.82, 2.24) is 4.31 Å². The third kappa shape index (κ3) is 3.32. The molecule has 0 aromatic heterocycles. The fourth-order valence-electron chi connectivity index (χ4n) is 0.594. The zero-order valence-corrected chi connectivity index (χ0v) is 9.07. The second-order valence-electron chi connectivity index (χ2n) is 2.37. The molecule has 12 heavy (non-hydrogen) atoms. The van der Waals surface area contributed by atoms with E-state index in [1.54, 1.807) is 6.92 Å². The minimum Gasteiger partial charge on any atom is -0.206 e. The average Bonchev–Trinajstić information content (AvgIpc) is 1.85. The highest BCUT2D eigenvalue weighted by Gasteiger charge is 2.29. The van der Waals surface area contributed by atoms with E-state index in [1.807, 2.05) is 0 Å². The molecule has 1 atom stereocenters. The number of sulfonamides is 1. The van der Waals surface area contributed by atoms with Crippen molar-refractivity contribution in [1.29, 1.82) is 0 Å². The number of nitrogens with zero attached hydrogens (tertiary/aromatic N) is 1. The molecule has 0 radical (unpaired) electrons. The van der Waals surface area contributed by atoms with Gasteiger partial charge in [-0.3, -0.25) is 0 Å². The van der Waals surface area contributed by atoms with Gasteiger partial charge in [-0.05, 0) is 0 Å². The lowest BCUT2D eigenvalue weighted by molar-refractivity contribution is 0.222. The minimum absolute atomic E-state index is 0.0344. The molecule has 0 amide bonds. The molecule has 0 aromatic carbocycles. The van der Waals surface area contributed by atoms with Crippen LogP contribution in [0.1, 0.15) is 6.92 Å². The van der Waals surface area contributed by atoms with Gasteiger partial charge in [0.1, 0.15) is 0 Å². The zero-order chi connectivity index (χ0) is 9.94. The molecule has 3 nitrogen and oxygen atoms in total. The molecule has 0 fully saturated rings. The maximum atomic E-state index is 11.9. The summed E-state index contributed by atoms with van der Waals surface area (Å²) in [6.07, 6.45) is 0. The first-order chi connectivity index (χ1) is 5.28. The van der Waals surface area contributed by atoms with Gasteiger partial charge in [0.05, 0.1) is 0 Å². The first kappa shape index (κ1) is 12.2. The molecular formula is C5H10BrF2NO2S. The molecule has 0 saturated heterocycles. The van der Waals surface area contributed by atoms with Gasteiger partial charge in [0.2, 0.25) is 0 Å². The summed E-state index contributed by atoms with van der Waals surface area (Å²) < 4.78 is 45.8. The van der Waals surface area contributed by atoms with E-state index in [2.05, 4.69) is 15.9 Å². The number of hydrogen-bond acceptors (Lipinski definition) is 2. The standard InChI is InChI=1S/C5H10BrF2NO2S/c1-4(6)3-9(2)12(10,11)5(7)8/h4-5H,3H2,1-2H3. The fourth-order valence-corrected chi connectivity index (χ4v) is 1.92. The van der Waals surface area contributed by atoms with E-state index < -0.39 is 15.8 Å². The lowest BCUT2D eigenvalue weighted by atomic mass is 10.5. The van der Waals surface area contributed by atoms with Crippen LogP contribution < -0.4 is 0 Å². The van der Waals surface area contributed by atoms with Crippen molar-refractivity contribution >= 4 is 26.0 Å². The van der Waals surface area contributed by atoms with Gasteiger partial charge in [0.25, 0.3) is 10.0 Å². The van der Waals surface area contributed by atoms with Crippen LogP contribution >= 0.6 is 15.9 Å². The fraction of sp³-hybridized carbons (Fsp3) is 1.00. The SMILES string of the molecule is CC(Br)CN(C)S(=O)(=O)C(F)F. The molecule has 0 saturated carbocycles. The Morgan fingerprint density at radius 2 is 1.92 bits per heavy atom. The maximum absolute atomic E-state index is 11.9. The second kappa shape index (κ2) is 4.48. The molecule has 0 N–H and O–H groups in total. The summed E-state index contributed by atoms with van der Waals surface area (Å²) in [7, 11) is -3.28. The van der Waals surface area contributed by atoms with Gasteiger partial charge in [-0.1, -0.05) is 22.9 Å². The Hall–Kier alpha value is 0.250. The number of rotatable bonds is 4. The highest BCUT2D eigenvalue weighted by atomic mass is 79.9. The van der Waals surface area contributed by atoms with Crippen molar-refractivity contribution < 1.29 is 17.2 Å². The van der Waals surface area contributed by atoms with Crippen LogP contribution in [0.25, 0.3) is 0 Å². The molecule has 0 aliphatic carbocycles. The van der Waals surface area contributed by atoms with E-state index in [9.17, 15) is 17.2 Å². The van der Waals surface area contributed by atoms with Crippen LogP contribution in [0.15, 0.2) is 0 Å². The summed E-state index contributed by atoms with van der Waals surface area (Å²) in [5, 5.41) is 0. The predicted molar refractivity (Wildman–Crippen MR) is 45.9 cm³/mol. The Kier molecular flexibility index (Phi) is 4.57. The number of halogens is 3. The van der Waals surface area contributed by atoms with Gasteiger partial charge < -0.3 is 0 Å². The normalized spacial score (nSPS) is 15.6. The molecular weight excluding hydrogens is 256 g/mol. The monoisotopic (exact) mass is 265 g/mol. The average molecular weight is 266 g/mol. The van der Waals surface area contributed by atoms with Crippen LogP contribution in [-0.4, -0.2) is 36.9 Å². The van der Waals surface area contributed by atoms with Crippen LogP contribution in [0.2, 0.25) is 0 Å². The van der Waals surface area contributed by atoms with Crippen molar-refractivity contribution in [3.63, 3.8) is 0 Å². The molecule has 0 rings (SSSR count). The minimum atomic E-state index is -4.40. The molecule has 0 aromatic rings. The second-order valence-corrected chi connectivity index (χ2v) is 5.94. The van der Waals surface area contributed by atoms with E-state index in [1.165, 1.54) is 0 Å². The van der Waals surface area contributed by atoms with Crippen molar-refractivity contribution in [2.45, 2.75) is 17.5 Å². The molecule has 0 bridgehead atoms. The van der Waals surface area contributed by atoms with E-state index in [-0.39, 0.29) is 11.4 Å². The van der Waals surface area contributed by atoms with Crippen LogP contribution in [0.3, 0.4) is 0 Å². The first-order valence-electron chi connectivity index (χ1n) is 3.16. The van der Waals surface area contributed by atoms with Gasteiger partial charge in [0.15, 0.2) is 0 Å². The van der Waals surface area contributed by atoms with Crippen molar-refractivity contribution in [3.05, 3.63) is 0 Å². The zero-order valence-electron chi connectivity index (χ0n) is 6.67. The van der Waals surface area contributed by atoms with Gasteiger partial charge in [-0.2, -0.15) is 13.1 Å². The third-order valence-electron chi connectivity index (χ3n) is 1.17. The van der Waals surface area contributed by atoms with E-state index in [4.69, 9.17) is 0 Å². The molecule has 1 unspecified atom stereocenters. The smallest absolute Gasteiger partial charge is 0.206 e. The van der Waals surface area contributed by atoms with E-state index in [0.717, 1.165) is 7.05 Å². The number of alkyl halides is 3. The van der Waals surface area contributed by atoms with Crippen LogP contribution in [0, 0.1) is 0 Å². The summed E-state index contributed by atoms with van der Waals surface area (Å²) in [4.78, 5) is -0.143. The van der Waals surface area contributed by atoms with Crippen molar-refractivity contribution in [2.24, 2.45) is 0 Å². The quantitative estimate of drug-likeness (QED) is 0.718. The maximum Gasteiger partial charge on any atom is 0.350 e. The Bertz CT molecular complexity index is 230. The molecule has 0 heterocycles. The van der Waals surface area contributed by atoms with Gasteiger partial charge in [-0.15, -0.1) is 0 Å². The van der Waals surface area contributed by atoms with Crippen LogP contribution in [0.5, 0.6) is 0 Å². The predicted octanol–water partition coefficient (Wildman–Crippen LogP) is 1.25. The molecule has 0 aliphatic heterocycles. The van der Waals surface area contributed by atoms with Crippen LogP contribution in [-0.2, 0) is 10.0 Å². The lowest BCUT2D eigenvalue weighted by Gasteiger charge is -2.17. The first-order valence-corrected chi connectivity index (χ1v) is 5.57. The molecule has 0 aliphatic rings. The summed E-state index contributed by atoms with van der Waals surface area (Å²) in [5.74, 6) is -3.34. The van der Waals surface area contributed by atoms with Crippen molar-refractivity contribution in [3.8, 4) is 0 Å². The Morgan fingerprint density at radius 1 is 1.50 bits per heavy atom. The van der Waals surface area contributed by atoms with Gasteiger partial charge in [0, 0.05) is 18.4 Å². The highest BCUT2D eigenvalue weighted by molar-refractivity contribution is 9.09. The molecule has 7 heteroatoms. The summed E-state index contributed by atoms with van der Waals surface area (Å²) in [6.45, 7) is 1.71. The van der Waals surface area contributed by atoms with Crippen molar-refractivity contribution in [2.75, 3.05) is 13.6 Å². The topological polar surface area (TPSA) is 37.4 Å². The molecule has 74 valence electrons. The number of hydrogen-bond donors (Lipinski definition) is 0. The summed E-state index contributed by atoms with van der Waals surface area (Å²) in [5.41, 5.74) is 0. The summed E-state index contributed by atoms with van der Waals surface area (Å²) >= 11 is 3.07. The Morgan fingerprint density at radius 3 is 2.17 bits per heavy atom. The molecule has 0 spiro atoms. The Balaban J connectivity index is 4.38. The Labute approximate surface area is 78.9 Å². The van der Waals surface area contributed by atoms with Gasteiger partial charge in [-0.25, -0.2) is 8.42 Å². The largest absolute Gasteiger partial charge is 0.350 e. The summed E-state index contributed by atoms with van der Waals surface area (Å²) in [6, 6.07) is 0.